The summed E-state index contributed by atoms with van der Waals surface area (Å²) in [5.74, 6) is 0. The van der Waals surface area contributed by atoms with Crippen LogP contribution in [0.4, 0.5) is 0 Å². The fourth-order valence-electron chi connectivity index (χ4n) is 2.93. The molecule has 0 saturated carbocycles. The Morgan fingerprint density at radius 3 is 2.53 bits per heavy atom. The first kappa shape index (κ1) is 14.5. The number of rotatable bonds is 3. The Balaban J connectivity index is 2.17. The second-order valence-corrected chi connectivity index (χ2v) is 6.42. The molecule has 0 radical (unpaired) electrons. The van der Waals surface area contributed by atoms with E-state index in [-0.39, 0.29) is 5.54 Å². The molecule has 0 amide bonds. The van der Waals surface area contributed by atoms with Crippen LogP contribution in [0.5, 0.6) is 0 Å². The summed E-state index contributed by atoms with van der Waals surface area (Å²) >= 11 is 0. The van der Waals surface area contributed by atoms with Gasteiger partial charge in [0.25, 0.3) is 0 Å². The molecule has 0 aliphatic carbocycles. The van der Waals surface area contributed by atoms with E-state index in [1.807, 2.05) is 0 Å². The molecule has 1 N–H and O–H groups in total. The summed E-state index contributed by atoms with van der Waals surface area (Å²) in [5.41, 5.74) is 4.62. The third-order valence-corrected chi connectivity index (χ3v) is 4.79. The zero-order valence-corrected chi connectivity index (χ0v) is 13.1. The molecule has 0 spiro atoms. The first-order chi connectivity index (χ1) is 8.95. The van der Waals surface area contributed by atoms with Crippen LogP contribution in [0.15, 0.2) is 18.2 Å². The molecular formula is C17H28N2. The molecule has 2 heteroatoms. The highest BCUT2D eigenvalue weighted by atomic mass is 15.2. The van der Waals surface area contributed by atoms with E-state index in [0.29, 0.717) is 6.04 Å². The zero-order chi connectivity index (χ0) is 14.0. The summed E-state index contributed by atoms with van der Waals surface area (Å²) < 4.78 is 0. The zero-order valence-electron chi connectivity index (χ0n) is 13.1. The lowest BCUT2D eigenvalue weighted by molar-refractivity contribution is 0.0862. The summed E-state index contributed by atoms with van der Waals surface area (Å²) in [4.78, 5) is 2.63. The predicted octanol–water partition coefficient (Wildman–Crippen LogP) is 3.27. The molecule has 0 aromatic heterocycles. The molecule has 1 heterocycles. The SMILES string of the molecule is CCC1(C)CN(Cc2c(C)cccc2C)C(C)CN1. The van der Waals surface area contributed by atoms with Gasteiger partial charge < -0.3 is 5.32 Å². The maximum Gasteiger partial charge on any atom is 0.0278 e. The van der Waals surface area contributed by atoms with Crippen LogP contribution in [0.3, 0.4) is 0 Å². The van der Waals surface area contributed by atoms with Crippen molar-refractivity contribution in [3.05, 3.63) is 34.9 Å². The Labute approximate surface area is 118 Å². The molecular weight excluding hydrogens is 232 g/mol. The van der Waals surface area contributed by atoms with Crippen LogP contribution >= 0.6 is 0 Å². The van der Waals surface area contributed by atoms with Gasteiger partial charge in [0.15, 0.2) is 0 Å². The molecule has 19 heavy (non-hydrogen) atoms. The van der Waals surface area contributed by atoms with Crippen LogP contribution in [-0.2, 0) is 6.54 Å². The van der Waals surface area contributed by atoms with E-state index >= 15 is 0 Å². The molecule has 1 saturated heterocycles. The molecule has 1 aliphatic rings. The van der Waals surface area contributed by atoms with Gasteiger partial charge in [0.2, 0.25) is 0 Å². The normalized spacial score (nSPS) is 28.6. The van der Waals surface area contributed by atoms with Crippen LogP contribution < -0.4 is 5.32 Å². The molecule has 1 aliphatic heterocycles. The van der Waals surface area contributed by atoms with Gasteiger partial charge in [-0.2, -0.15) is 0 Å². The van der Waals surface area contributed by atoms with Gasteiger partial charge in [0.05, 0.1) is 0 Å². The average molecular weight is 260 g/mol. The second kappa shape index (κ2) is 5.64. The van der Waals surface area contributed by atoms with Gasteiger partial charge in [-0.3, -0.25) is 4.90 Å². The Bertz CT molecular complexity index is 421. The minimum atomic E-state index is 0.267. The number of piperazine rings is 1. The summed E-state index contributed by atoms with van der Waals surface area (Å²) in [6.07, 6.45) is 1.18. The van der Waals surface area contributed by atoms with Gasteiger partial charge in [-0.15, -0.1) is 0 Å². The van der Waals surface area contributed by atoms with Crippen LogP contribution in [-0.4, -0.2) is 29.6 Å². The van der Waals surface area contributed by atoms with Gasteiger partial charge in [0, 0.05) is 31.2 Å². The number of benzene rings is 1. The molecule has 2 atom stereocenters. The third kappa shape index (κ3) is 3.18. The minimum Gasteiger partial charge on any atom is -0.309 e. The summed E-state index contributed by atoms with van der Waals surface area (Å²) in [6.45, 7) is 14.7. The Morgan fingerprint density at radius 1 is 1.32 bits per heavy atom. The molecule has 2 unspecified atom stereocenters. The van der Waals surface area contributed by atoms with Gasteiger partial charge >= 0.3 is 0 Å². The van der Waals surface area contributed by atoms with Crippen LogP contribution in [0.25, 0.3) is 0 Å². The third-order valence-electron chi connectivity index (χ3n) is 4.79. The van der Waals surface area contributed by atoms with Crippen LogP contribution in [0.2, 0.25) is 0 Å². The lowest BCUT2D eigenvalue weighted by atomic mass is 9.92. The van der Waals surface area contributed by atoms with E-state index in [1.54, 1.807) is 0 Å². The maximum atomic E-state index is 3.70. The van der Waals surface area contributed by atoms with Crippen molar-refractivity contribution in [1.29, 1.82) is 0 Å². The number of hydrogen-bond acceptors (Lipinski definition) is 2. The second-order valence-electron chi connectivity index (χ2n) is 6.42. The Morgan fingerprint density at radius 2 is 1.95 bits per heavy atom. The van der Waals surface area contributed by atoms with Crippen molar-refractivity contribution in [2.75, 3.05) is 13.1 Å². The quantitative estimate of drug-likeness (QED) is 0.897. The van der Waals surface area contributed by atoms with Gasteiger partial charge in [0.1, 0.15) is 0 Å². The monoisotopic (exact) mass is 260 g/mol. The van der Waals surface area contributed by atoms with Crippen molar-refractivity contribution >= 4 is 0 Å². The molecule has 1 aromatic rings. The van der Waals surface area contributed by atoms with E-state index in [4.69, 9.17) is 0 Å². The summed E-state index contributed by atoms with van der Waals surface area (Å²) in [6, 6.07) is 7.23. The van der Waals surface area contributed by atoms with Gasteiger partial charge in [-0.25, -0.2) is 0 Å². The van der Waals surface area contributed by atoms with Crippen molar-refractivity contribution < 1.29 is 0 Å². The molecule has 0 bridgehead atoms. The number of aryl methyl sites for hydroxylation is 2. The first-order valence-electron chi connectivity index (χ1n) is 7.49. The average Bonchev–Trinajstić information content (AvgIpc) is 2.38. The number of nitrogens with zero attached hydrogens (tertiary/aromatic N) is 1. The minimum absolute atomic E-state index is 0.267. The fourth-order valence-corrected chi connectivity index (χ4v) is 2.93. The topological polar surface area (TPSA) is 15.3 Å². The predicted molar refractivity (Wildman–Crippen MR) is 82.5 cm³/mol. The van der Waals surface area contributed by atoms with Crippen molar-refractivity contribution in [3.8, 4) is 0 Å². The highest BCUT2D eigenvalue weighted by Crippen LogP contribution is 2.23. The Hall–Kier alpha value is -0.860. The first-order valence-corrected chi connectivity index (χ1v) is 7.49. The Kier molecular flexibility index (Phi) is 4.32. The molecule has 1 fully saturated rings. The standard InChI is InChI=1S/C17H28N2/c1-6-17(5)12-19(15(4)10-18-17)11-16-13(2)8-7-9-14(16)3/h7-9,15,18H,6,10-12H2,1-5H3. The van der Waals surface area contributed by atoms with E-state index in [1.165, 1.54) is 23.1 Å². The molecule has 2 nitrogen and oxygen atoms in total. The fraction of sp³-hybridized carbons (Fsp3) is 0.647. The van der Waals surface area contributed by atoms with Crippen molar-refractivity contribution in [1.82, 2.24) is 10.2 Å². The lowest BCUT2D eigenvalue weighted by Gasteiger charge is -2.45. The maximum absolute atomic E-state index is 3.70. The van der Waals surface area contributed by atoms with Crippen molar-refractivity contribution in [2.45, 2.75) is 59.2 Å². The van der Waals surface area contributed by atoms with E-state index < -0.39 is 0 Å². The van der Waals surface area contributed by atoms with Crippen LogP contribution in [0.1, 0.15) is 43.9 Å². The number of hydrogen-bond donors (Lipinski definition) is 1. The van der Waals surface area contributed by atoms with E-state index in [2.05, 4.69) is 63.0 Å². The van der Waals surface area contributed by atoms with Crippen molar-refractivity contribution in [3.63, 3.8) is 0 Å². The molecule has 106 valence electrons. The van der Waals surface area contributed by atoms with E-state index in [0.717, 1.165) is 19.6 Å². The molecule has 2 rings (SSSR count). The highest BCUT2D eigenvalue weighted by Gasteiger charge is 2.32. The number of nitrogens with one attached hydrogen (secondary N) is 1. The van der Waals surface area contributed by atoms with Gasteiger partial charge in [-0.1, -0.05) is 25.1 Å². The van der Waals surface area contributed by atoms with Crippen molar-refractivity contribution in [2.24, 2.45) is 0 Å². The van der Waals surface area contributed by atoms with E-state index in [9.17, 15) is 0 Å². The molecule has 1 aromatic carbocycles. The largest absolute Gasteiger partial charge is 0.309 e. The summed E-state index contributed by atoms with van der Waals surface area (Å²) in [5, 5.41) is 3.70. The highest BCUT2D eigenvalue weighted by molar-refractivity contribution is 5.33. The lowest BCUT2D eigenvalue weighted by Crippen LogP contribution is -2.61. The van der Waals surface area contributed by atoms with Crippen LogP contribution in [0, 0.1) is 13.8 Å². The van der Waals surface area contributed by atoms with Gasteiger partial charge in [-0.05, 0) is 50.8 Å². The smallest absolute Gasteiger partial charge is 0.0278 e. The summed E-state index contributed by atoms with van der Waals surface area (Å²) in [7, 11) is 0.